The molecule has 1 aliphatic heterocycles. The number of hydrogen-bond acceptors (Lipinski definition) is 7. The van der Waals surface area contributed by atoms with Gasteiger partial charge in [-0.15, -0.1) is 0 Å². The Kier molecular flexibility index (Phi) is 4.56. The van der Waals surface area contributed by atoms with Gasteiger partial charge in [0.15, 0.2) is 27.2 Å². The summed E-state index contributed by atoms with van der Waals surface area (Å²) in [5.74, 6) is 1.77. The molecule has 0 unspecified atom stereocenters. The molecule has 1 aliphatic carbocycles. The average Bonchev–Trinajstić information content (AvgIpc) is 3.37. The van der Waals surface area contributed by atoms with Gasteiger partial charge in [0.2, 0.25) is 5.89 Å². The fourth-order valence-corrected chi connectivity index (χ4v) is 4.37. The maximum absolute atomic E-state index is 12.8. The lowest BCUT2D eigenvalue weighted by Gasteiger charge is -2.13. The lowest BCUT2D eigenvalue weighted by Crippen LogP contribution is -2.13. The highest BCUT2D eigenvalue weighted by Crippen LogP contribution is 2.40. The molecule has 2 heterocycles. The number of hydrogen-bond donors (Lipinski definition) is 0. The van der Waals surface area contributed by atoms with Gasteiger partial charge < -0.3 is 14.0 Å². The van der Waals surface area contributed by atoms with Gasteiger partial charge in [0.25, 0.3) is 0 Å². The van der Waals surface area contributed by atoms with E-state index in [0.717, 1.165) is 19.3 Å². The number of fused-ring (bicyclic) bond motifs is 1. The molecular weight excluding hydrogens is 380 g/mol. The van der Waals surface area contributed by atoms with Crippen LogP contribution in [0.1, 0.15) is 54.6 Å². The molecule has 26 heavy (non-hydrogen) atoms. The molecule has 4 rings (SSSR count). The fourth-order valence-electron chi connectivity index (χ4n) is 2.80. The van der Waals surface area contributed by atoms with Gasteiger partial charge in [-0.05, 0) is 37.5 Å². The van der Waals surface area contributed by atoms with Crippen molar-refractivity contribution in [3.63, 3.8) is 0 Å². The Morgan fingerprint density at radius 1 is 1.27 bits per heavy atom. The van der Waals surface area contributed by atoms with Crippen molar-refractivity contribution in [1.82, 2.24) is 10.1 Å². The Hall–Kier alpha value is -1.80. The monoisotopic (exact) mass is 398 g/mol. The predicted molar refractivity (Wildman–Crippen MR) is 94.4 cm³/mol. The van der Waals surface area contributed by atoms with E-state index in [1.807, 2.05) is 0 Å². The van der Waals surface area contributed by atoms with E-state index in [1.54, 1.807) is 19.1 Å². The van der Waals surface area contributed by atoms with Gasteiger partial charge in [-0.1, -0.05) is 16.8 Å². The number of aromatic nitrogens is 2. The largest absolute Gasteiger partial charge is 0.489 e. The van der Waals surface area contributed by atoms with Gasteiger partial charge in [-0.2, -0.15) is 4.98 Å². The Bertz CT molecular complexity index is 923. The van der Waals surface area contributed by atoms with E-state index >= 15 is 0 Å². The molecule has 1 aromatic carbocycles. The lowest BCUT2D eigenvalue weighted by atomic mass is 10.2. The second-order valence-corrected chi connectivity index (χ2v) is 9.40. The van der Waals surface area contributed by atoms with E-state index in [2.05, 4.69) is 10.1 Å². The minimum absolute atomic E-state index is 0.132. The molecule has 140 valence electrons. The molecule has 2 aromatic rings. The zero-order chi connectivity index (χ0) is 18.3. The number of nitrogens with zero attached hydrogens (tertiary/aromatic N) is 2. The molecule has 1 atom stereocenters. The van der Waals surface area contributed by atoms with Crippen LogP contribution < -0.4 is 9.47 Å². The number of rotatable bonds is 5. The van der Waals surface area contributed by atoms with Crippen molar-refractivity contribution in [2.45, 2.75) is 43.1 Å². The van der Waals surface area contributed by atoms with Crippen molar-refractivity contribution in [1.29, 1.82) is 0 Å². The molecule has 2 aliphatic rings. The van der Waals surface area contributed by atoms with Crippen LogP contribution >= 0.6 is 11.6 Å². The second kappa shape index (κ2) is 6.74. The summed E-state index contributed by atoms with van der Waals surface area (Å²) >= 11 is 6.25. The van der Waals surface area contributed by atoms with Crippen LogP contribution in [-0.4, -0.2) is 31.8 Å². The maximum Gasteiger partial charge on any atom is 0.244 e. The van der Waals surface area contributed by atoms with Crippen LogP contribution in [0.4, 0.5) is 0 Å². The molecule has 1 aromatic heterocycles. The second-order valence-electron chi connectivity index (χ2n) is 6.67. The molecule has 0 saturated heterocycles. The summed E-state index contributed by atoms with van der Waals surface area (Å²) in [5, 5.41) is 3.35. The first-order chi connectivity index (χ1) is 12.4. The summed E-state index contributed by atoms with van der Waals surface area (Å²) in [4.78, 5) is 4.25. The molecule has 0 N–H and O–H groups in total. The zero-order valence-corrected chi connectivity index (χ0v) is 15.8. The SMILES string of the molecule is C[C@@H](c1nc(C2CC2)no1)S(=O)(=O)Cc1cc(Cl)c2c(c1)OCCCO2. The van der Waals surface area contributed by atoms with Gasteiger partial charge in [-0.25, -0.2) is 8.42 Å². The quantitative estimate of drug-likeness (QED) is 0.761. The first-order valence-corrected chi connectivity index (χ1v) is 10.7. The normalized spacial score (nSPS) is 18.4. The van der Waals surface area contributed by atoms with E-state index in [9.17, 15) is 8.42 Å². The third kappa shape index (κ3) is 3.53. The van der Waals surface area contributed by atoms with Crippen LogP contribution in [0.5, 0.6) is 11.5 Å². The van der Waals surface area contributed by atoms with Crippen LogP contribution in [0.3, 0.4) is 0 Å². The minimum atomic E-state index is -3.56. The maximum atomic E-state index is 12.8. The van der Waals surface area contributed by atoms with Gasteiger partial charge in [-0.3, -0.25) is 0 Å². The first-order valence-electron chi connectivity index (χ1n) is 8.57. The summed E-state index contributed by atoms with van der Waals surface area (Å²) < 4.78 is 42.0. The summed E-state index contributed by atoms with van der Waals surface area (Å²) in [6.07, 6.45) is 2.79. The van der Waals surface area contributed by atoms with Crippen LogP contribution in [0.2, 0.25) is 5.02 Å². The van der Waals surface area contributed by atoms with Crippen molar-refractivity contribution < 1.29 is 22.4 Å². The van der Waals surface area contributed by atoms with Crippen molar-refractivity contribution in [3.05, 3.63) is 34.4 Å². The van der Waals surface area contributed by atoms with Gasteiger partial charge >= 0.3 is 0 Å². The van der Waals surface area contributed by atoms with E-state index in [0.29, 0.717) is 47.0 Å². The number of ether oxygens (including phenoxy) is 2. The molecule has 0 radical (unpaired) electrons. The Morgan fingerprint density at radius 2 is 2.04 bits per heavy atom. The summed E-state index contributed by atoms with van der Waals surface area (Å²) in [5.41, 5.74) is 0.535. The average molecular weight is 399 g/mol. The van der Waals surface area contributed by atoms with Gasteiger partial charge in [0.05, 0.1) is 24.0 Å². The summed E-state index contributed by atoms with van der Waals surface area (Å²) in [7, 11) is -3.56. The molecular formula is C17H19ClN2O5S. The van der Waals surface area contributed by atoms with Crippen molar-refractivity contribution in [2.24, 2.45) is 0 Å². The third-order valence-electron chi connectivity index (χ3n) is 4.52. The third-order valence-corrected chi connectivity index (χ3v) is 6.81. The van der Waals surface area contributed by atoms with Crippen LogP contribution in [-0.2, 0) is 15.6 Å². The van der Waals surface area contributed by atoms with Crippen molar-refractivity contribution in [2.75, 3.05) is 13.2 Å². The van der Waals surface area contributed by atoms with Crippen molar-refractivity contribution in [3.8, 4) is 11.5 Å². The molecule has 0 bridgehead atoms. The summed E-state index contributed by atoms with van der Waals surface area (Å²) in [6, 6.07) is 3.27. The van der Waals surface area contributed by atoms with E-state index in [4.69, 9.17) is 25.6 Å². The highest BCUT2D eigenvalue weighted by molar-refractivity contribution is 7.90. The highest BCUT2D eigenvalue weighted by atomic mass is 35.5. The Morgan fingerprint density at radius 3 is 2.81 bits per heavy atom. The standard InChI is InChI=1S/C17H19ClN2O5S/c1-10(17-19-16(20-25-17)12-3-4-12)26(21,22)9-11-7-13(18)15-14(8-11)23-5-2-6-24-15/h7-8,10,12H,2-6,9H2,1H3/t10-/m0/s1. The highest BCUT2D eigenvalue weighted by Gasteiger charge is 2.33. The van der Waals surface area contributed by atoms with Crippen molar-refractivity contribution >= 4 is 21.4 Å². The molecule has 1 fully saturated rings. The molecule has 9 heteroatoms. The number of benzene rings is 1. The smallest absolute Gasteiger partial charge is 0.244 e. The van der Waals surface area contributed by atoms with E-state index in [1.165, 1.54) is 0 Å². The lowest BCUT2D eigenvalue weighted by molar-refractivity contribution is 0.297. The molecule has 0 amide bonds. The first kappa shape index (κ1) is 17.6. The zero-order valence-electron chi connectivity index (χ0n) is 14.3. The Balaban J connectivity index is 1.56. The van der Waals surface area contributed by atoms with Crippen LogP contribution in [0, 0.1) is 0 Å². The molecule has 1 saturated carbocycles. The van der Waals surface area contributed by atoms with Gasteiger partial charge in [0, 0.05) is 12.3 Å². The van der Waals surface area contributed by atoms with Gasteiger partial charge in [0.1, 0.15) is 5.25 Å². The Labute approximate surface area is 156 Å². The number of halogens is 1. The topological polar surface area (TPSA) is 91.5 Å². The molecule has 0 spiro atoms. The van der Waals surface area contributed by atoms with E-state index < -0.39 is 15.1 Å². The van der Waals surface area contributed by atoms with Crippen LogP contribution in [0.15, 0.2) is 16.7 Å². The number of sulfone groups is 1. The summed E-state index contributed by atoms with van der Waals surface area (Å²) in [6.45, 7) is 2.58. The van der Waals surface area contributed by atoms with E-state index in [-0.39, 0.29) is 11.6 Å². The molecule has 7 nitrogen and oxygen atoms in total. The minimum Gasteiger partial charge on any atom is -0.489 e. The fraction of sp³-hybridized carbons (Fsp3) is 0.529. The van der Waals surface area contributed by atoms with Crippen LogP contribution in [0.25, 0.3) is 0 Å². The predicted octanol–water partition coefficient (Wildman–Crippen LogP) is 3.44.